The van der Waals surface area contributed by atoms with Gasteiger partial charge in [0.15, 0.2) is 0 Å². The first-order chi connectivity index (χ1) is 9.98. The van der Waals surface area contributed by atoms with Crippen LogP contribution in [0.25, 0.3) is 0 Å². The monoisotopic (exact) mass is 290 g/mol. The molecule has 1 fully saturated rings. The summed E-state index contributed by atoms with van der Waals surface area (Å²) < 4.78 is 5.23. The molecule has 0 radical (unpaired) electrons. The summed E-state index contributed by atoms with van der Waals surface area (Å²) in [6, 6.07) is 8.90. The van der Waals surface area contributed by atoms with Gasteiger partial charge in [-0.05, 0) is 26.3 Å². The lowest BCUT2D eigenvalue weighted by molar-refractivity contribution is -0.156. The average Bonchev–Trinajstić information content (AvgIpc) is 2.46. The molecule has 1 aliphatic rings. The number of nitrogens with one attached hydrogen (secondary N) is 1. The second kappa shape index (κ2) is 6.26. The number of esters is 1. The van der Waals surface area contributed by atoms with Crippen molar-refractivity contribution in [2.75, 3.05) is 19.7 Å². The van der Waals surface area contributed by atoms with Crippen LogP contribution in [0.15, 0.2) is 30.3 Å². The molecule has 1 N–H and O–H groups in total. The molecule has 1 atom stereocenters. The number of nitrogens with zero attached hydrogens (tertiary/aromatic N) is 1. The maximum atomic E-state index is 12.4. The molecule has 2 rings (SSSR count). The molecule has 0 aliphatic carbocycles. The van der Waals surface area contributed by atoms with Gasteiger partial charge in [0, 0.05) is 13.1 Å². The van der Waals surface area contributed by atoms with Crippen LogP contribution in [0, 0.1) is 0 Å². The van der Waals surface area contributed by atoms with Gasteiger partial charge in [-0.2, -0.15) is 0 Å². The summed E-state index contributed by atoms with van der Waals surface area (Å²) in [6.45, 7) is 6.91. The molecule has 1 saturated heterocycles. The van der Waals surface area contributed by atoms with Crippen molar-refractivity contribution in [3.63, 3.8) is 0 Å². The molecule has 0 spiro atoms. The number of hydrogen-bond acceptors (Lipinski definition) is 4. The average molecular weight is 290 g/mol. The summed E-state index contributed by atoms with van der Waals surface area (Å²) in [5.74, 6) is -0.384. The zero-order chi connectivity index (χ0) is 15.5. The lowest BCUT2D eigenvalue weighted by Gasteiger charge is -2.44. The minimum absolute atomic E-state index is 0.0704. The summed E-state index contributed by atoms with van der Waals surface area (Å²) in [6.07, 6.45) is 0. The van der Waals surface area contributed by atoms with E-state index in [0.717, 1.165) is 5.56 Å². The molecule has 1 aromatic rings. The molecule has 0 saturated carbocycles. The van der Waals surface area contributed by atoms with Gasteiger partial charge in [0.2, 0.25) is 5.91 Å². The highest BCUT2D eigenvalue weighted by atomic mass is 16.5. The van der Waals surface area contributed by atoms with E-state index in [1.54, 1.807) is 6.92 Å². The van der Waals surface area contributed by atoms with Crippen LogP contribution in [-0.4, -0.2) is 42.0 Å². The van der Waals surface area contributed by atoms with E-state index in [1.807, 2.05) is 49.1 Å². The Hall–Kier alpha value is -1.88. The normalized spacial score (nSPS) is 19.7. The van der Waals surface area contributed by atoms with Crippen LogP contribution in [-0.2, 0) is 14.3 Å². The van der Waals surface area contributed by atoms with Gasteiger partial charge in [0.1, 0.15) is 6.04 Å². The number of amides is 1. The number of carbonyl (C=O) groups excluding carboxylic acids is 2. The minimum Gasteiger partial charge on any atom is -0.465 e. The molecule has 21 heavy (non-hydrogen) atoms. The molecule has 5 nitrogen and oxygen atoms in total. The van der Waals surface area contributed by atoms with Crippen molar-refractivity contribution in [1.82, 2.24) is 10.2 Å². The molecule has 1 aliphatic heterocycles. The number of carbonyl (C=O) groups is 2. The van der Waals surface area contributed by atoms with Gasteiger partial charge in [0.25, 0.3) is 0 Å². The third-order valence-corrected chi connectivity index (χ3v) is 3.85. The quantitative estimate of drug-likeness (QED) is 0.854. The van der Waals surface area contributed by atoms with Gasteiger partial charge in [0.05, 0.1) is 12.1 Å². The predicted octanol–water partition coefficient (Wildman–Crippen LogP) is 1.50. The molecule has 1 heterocycles. The van der Waals surface area contributed by atoms with Crippen LogP contribution >= 0.6 is 0 Å². The van der Waals surface area contributed by atoms with E-state index in [0.29, 0.717) is 19.7 Å². The standard InChI is InChI=1S/C16H22N2O3/c1-4-21-14(19)13(12-8-6-5-7-9-12)18-11-10-17-15(20)16(18,2)3/h5-9,13H,4,10-11H2,1-3H3,(H,17,20). The summed E-state index contributed by atoms with van der Waals surface area (Å²) in [7, 11) is 0. The highest BCUT2D eigenvalue weighted by Gasteiger charge is 2.44. The fraction of sp³-hybridized carbons (Fsp3) is 0.500. The predicted molar refractivity (Wildman–Crippen MR) is 79.6 cm³/mol. The van der Waals surface area contributed by atoms with E-state index in [1.165, 1.54) is 0 Å². The van der Waals surface area contributed by atoms with Crippen LogP contribution in [0.4, 0.5) is 0 Å². The summed E-state index contributed by atoms with van der Waals surface area (Å²) >= 11 is 0. The Morgan fingerprint density at radius 2 is 2.05 bits per heavy atom. The van der Waals surface area contributed by atoms with Crippen molar-refractivity contribution in [3.05, 3.63) is 35.9 Å². The fourth-order valence-corrected chi connectivity index (χ4v) is 2.67. The van der Waals surface area contributed by atoms with E-state index in [-0.39, 0.29) is 11.9 Å². The zero-order valence-electron chi connectivity index (χ0n) is 12.8. The maximum absolute atomic E-state index is 12.4. The minimum atomic E-state index is -0.758. The SMILES string of the molecule is CCOC(=O)C(c1ccccc1)N1CCNC(=O)C1(C)C. The number of hydrogen-bond donors (Lipinski definition) is 1. The Morgan fingerprint density at radius 3 is 2.67 bits per heavy atom. The first-order valence-corrected chi connectivity index (χ1v) is 7.25. The summed E-state index contributed by atoms with van der Waals surface area (Å²) in [5.41, 5.74) is 0.0876. The molecular formula is C16H22N2O3. The number of ether oxygens (including phenoxy) is 1. The molecule has 1 aromatic carbocycles. The Balaban J connectivity index is 2.39. The molecule has 0 bridgehead atoms. The molecule has 1 amide bonds. The van der Waals surface area contributed by atoms with Gasteiger partial charge in [-0.3, -0.25) is 9.69 Å². The molecular weight excluding hydrogens is 268 g/mol. The van der Waals surface area contributed by atoms with E-state index in [2.05, 4.69) is 5.32 Å². The molecule has 0 aromatic heterocycles. The Labute approximate surface area is 125 Å². The first kappa shape index (κ1) is 15.5. The topological polar surface area (TPSA) is 58.6 Å². The maximum Gasteiger partial charge on any atom is 0.328 e. The molecule has 1 unspecified atom stereocenters. The lowest BCUT2D eigenvalue weighted by atomic mass is 9.93. The van der Waals surface area contributed by atoms with Crippen molar-refractivity contribution < 1.29 is 14.3 Å². The summed E-state index contributed by atoms with van der Waals surface area (Å²) in [5, 5.41) is 2.85. The largest absolute Gasteiger partial charge is 0.465 e. The lowest BCUT2D eigenvalue weighted by Crippen LogP contribution is -2.63. The van der Waals surface area contributed by atoms with Crippen LogP contribution in [0.2, 0.25) is 0 Å². The first-order valence-electron chi connectivity index (χ1n) is 7.25. The van der Waals surface area contributed by atoms with Crippen molar-refractivity contribution in [3.8, 4) is 0 Å². The number of benzene rings is 1. The van der Waals surface area contributed by atoms with E-state index in [9.17, 15) is 9.59 Å². The van der Waals surface area contributed by atoms with Crippen LogP contribution in [0.1, 0.15) is 32.4 Å². The summed E-state index contributed by atoms with van der Waals surface area (Å²) in [4.78, 5) is 26.5. The van der Waals surface area contributed by atoms with Crippen LogP contribution in [0.5, 0.6) is 0 Å². The zero-order valence-corrected chi connectivity index (χ0v) is 12.8. The fourth-order valence-electron chi connectivity index (χ4n) is 2.67. The van der Waals surface area contributed by atoms with Crippen molar-refractivity contribution in [2.45, 2.75) is 32.4 Å². The van der Waals surface area contributed by atoms with Crippen molar-refractivity contribution in [1.29, 1.82) is 0 Å². The Bertz CT molecular complexity index is 514. The van der Waals surface area contributed by atoms with Gasteiger partial charge in [-0.15, -0.1) is 0 Å². The third kappa shape index (κ3) is 3.08. The van der Waals surface area contributed by atoms with E-state index in [4.69, 9.17) is 4.74 Å². The smallest absolute Gasteiger partial charge is 0.328 e. The second-order valence-electron chi connectivity index (χ2n) is 5.57. The van der Waals surface area contributed by atoms with Crippen LogP contribution in [0.3, 0.4) is 0 Å². The second-order valence-corrected chi connectivity index (χ2v) is 5.57. The van der Waals surface area contributed by atoms with Crippen molar-refractivity contribution in [2.24, 2.45) is 0 Å². The third-order valence-electron chi connectivity index (χ3n) is 3.85. The highest BCUT2D eigenvalue weighted by molar-refractivity contribution is 5.87. The van der Waals surface area contributed by atoms with Gasteiger partial charge in [-0.25, -0.2) is 4.79 Å². The highest BCUT2D eigenvalue weighted by Crippen LogP contribution is 2.31. The van der Waals surface area contributed by atoms with Gasteiger partial charge in [-0.1, -0.05) is 30.3 Å². The van der Waals surface area contributed by atoms with Crippen molar-refractivity contribution >= 4 is 11.9 Å². The number of rotatable bonds is 4. The van der Waals surface area contributed by atoms with Gasteiger partial charge < -0.3 is 10.1 Å². The molecule has 114 valence electrons. The van der Waals surface area contributed by atoms with Crippen LogP contribution < -0.4 is 5.32 Å². The Kier molecular flexibility index (Phi) is 4.63. The number of piperazine rings is 1. The Morgan fingerprint density at radius 1 is 1.38 bits per heavy atom. The molecule has 5 heteroatoms. The van der Waals surface area contributed by atoms with Gasteiger partial charge >= 0.3 is 5.97 Å². The van der Waals surface area contributed by atoms with E-state index < -0.39 is 11.6 Å². The van der Waals surface area contributed by atoms with E-state index >= 15 is 0 Å².